The highest BCUT2D eigenvalue weighted by atomic mass is 14.0. The van der Waals surface area contributed by atoms with Gasteiger partial charge in [0.15, 0.2) is 0 Å². The van der Waals surface area contributed by atoms with E-state index in [0.717, 1.165) is 6.42 Å². The molecule has 0 heterocycles. The molecule has 0 bridgehead atoms. The molecule has 0 atom stereocenters. The molecular weight excluding hydrogens is 156 g/mol. The number of aryl methyl sites for hydroxylation is 3. The number of benzene rings is 1. The van der Waals surface area contributed by atoms with E-state index in [2.05, 4.69) is 39.0 Å². The monoisotopic (exact) mass is 178 g/mol. The highest BCUT2D eigenvalue weighted by Crippen LogP contribution is 2.14. The van der Waals surface area contributed by atoms with E-state index < -0.39 is 0 Å². The van der Waals surface area contributed by atoms with Crippen LogP contribution in [0.25, 0.3) is 0 Å². The van der Waals surface area contributed by atoms with E-state index in [0.29, 0.717) is 0 Å². The van der Waals surface area contributed by atoms with Crippen molar-refractivity contribution in [1.29, 1.82) is 0 Å². The zero-order valence-electron chi connectivity index (χ0n) is 9.06. The minimum absolute atomic E-state index is 0. The molecule has 0 aliphatic carbocycles. The summed E-state index contributed by atoms with van der Waals surface area (Å²) in [4.78, 5) is 0. The fraction of sp³-hybridized carbons (Fsp3) is 0.538. The van der Waals surface area contributed by atoms with Crippen LogP contribution in [0.3, 0.4) is 0 Å². The summed E-state index contributed by atoms with van der Waals surface area (Å²) >= 11 is 0. The Labute approximate surface area is 83.5 Å². The van der Waals surface area contributed by atoms with E-state index in [-0.39, 0.29) is 1.43 Å². The van der Waals surface area contributed by atoms with E-state index in [1.807, 2.05) is 0 Å². The lowest BCUT2D eigenvalue weighted by atomic mass is 9.98. The van der Waals surface area contributed by atoms with Crippen LogP contribution in [-0.2, 0) is 19.3 Å². The molecule has 0 amide bonds. The van der Waals surface area contributed by atoms with Crippen LogP contribution in [-0.4, -0.2) is 0 Å². The summed E-state index contributed by atoms with van der Waals surface area (Å²) in [6, 6.07) is 6.95. The Balaban J connectivity index is 0.00000169. The molecule has 0 aliphatic rings. The summed E-state index contributed by atoms with van der Waals surface area (Å²) in [5, 5.41) is 0. The zero-order valence-corrected chi connectivity index (χ0v) is 9.06. The molecule has 1 aromatic carbocycles. The fourth-order valence-corrected chi connectivity index (χ4v) is 1.80. The average Bonchev–Trinajstić information content (AvgIpc) is 2.18. The van der Waals surface area contributed by atoms with Gasteiger partial charge in [0.05, 0.1) is 0 Å². The molecule has 0 nitrogen and oxygen atoms in total. The quantitative estimate of drug-likeness (QED) is 0.653. The van der Waals surface area contributed by atoms with Gasteiger partial charge >= 0.3 is 0 Å². The van der Waals surface area contributed by atoms with E-state index in [1.54, 1.807) is 0 Å². The number of hydrogen-bond acceptors (Lipinski definition) is 0. The van der Waals surface area contributed by atoms with Gasteiger partial charge in [-0.15, -0.1) is 0 Å². The lowest BCUT2D eigenvalue weighted by molar-refractivity contribution is 0.911. The first-order valence-corrected chi connectivity index (χ1v) is 5.42. The van der Waals surface area contributed by atoms with Crippen molar-refractivity contribution in [3.8, 4) is 0 Å². The fourth-order valence-electron chi connectivity index (χ4n) is 1.80. The predicted molar refractivity (Wildman–Crippen MR) is 61.3 cm³/mol. The third-order valence-electron chi connectivity index (χ3n) is 2.57. The highest BCUT2D eigenvalue weighted by molar-refractivity contribution is 5.32. The van der Waals surface area contributed by atoms with Crippen molar-refractivity contribution in [3.63, 3.8) is 0 Å². The molecular formula is C13H22. The molecule has 0 radical (unpaired) electrons. The Morgan fingerprint density at radius 2 is 1.69 bits per heavy atom. The SMILES string of the molecule is CCCc1ccc(CC)c(CC)c1.[HH]. The lowest BCUT2D eigenvalue weighted by Gasteiger charge is -2.07. The van der Waals surface area contributed by atoms with Gasteiger partial charge < -0.3 is 0 Å². The van der Waals surface area contributed by atoms with E-state index in [9.17, 15) is 0 Å². The highest BCUT2D eigenvalue weighted by Gasteiger charge is 1.99. The summed E-state index contributed by atoms with van der Waals surface area (Å²) in [6.07, 6.45) is 4.79. The van der Waals surface area contributed by atoms with E-state index in [4.69, 9.17) is 0 Å². The molecule has 1 rings (SSSR count). The number of hydrogen-bond donors (Lipinski definition) is 0. The van der Waals surface area contributed by atoms with Crippen molar-refractivity contribution in [2.75, 3.05) is 0 Å². The molecule has 74 valence electrons. The molecule has 1 aromatic rings. The summed E-state index contributed by atoms with van der Waals surface area (Å²) in [6.45, 7) is 6.71. The Hall–Kier alpha value is -0.780. The van der Waals surface area contributed by atoms with Crippen LogP contribution >= 0.6 is 0 Å². The second-order valence-corrected chi connectivity index (χ2v) is 3.56. The van der Waals surface area contributed by atoms with Crippen LogP contribution in [0.5, 0.6) is 0 Å². The van der Waals surface area contributed by atoms with Crippen molar-refractivity contribution in [2.45, 2.75) is 46.5 Å². The Morgan fingerprint density at radius 3 is 2.23 bits per heavy atom. The molecule has 13 heavy (non-hydrogen) atoms. The summed E-state index contributed by atoms with van der Waals surface area (Å²) < 4.78 is 0. The van der Waals surface area contributed by atoms with Gasteiger partial charge in [0.1, 0.15) is 0 Å². The molecule has 0 fully saturated rings. The van der Waals surface area contributed by atoms with Gasteiger partial charge in [-0.3, -0.25) is 0 Å². The predicted octanol–water partition coefficient (Wildman–Crippen LogP) is 4.01. The van der Waals surface area contributed by atoms with Crippen LogP contribution < -0.4 is 0 Å². The second-order valence-electron chi connectivity index (χ2n) is 3.56. The molecule has 0 N–H and O–H groups in total. The molecule has 0 unspecified atom stereocenters. The molecule has 0 saturated carbocycles. The standard InChI is InChI=1S/C13H20.H2/c1-4-7-11-8-9-12(5-2)13(6-3)10-11;/h8-10H,4-7H2,1-3H3;1H. The third kappa shape index (κ3) is 2.58. The van der Waals surface area contributed by atoms with Crippen LogP contribution in [0.15, 0.2) is 18.2 Å². The second kappa shape index (κ2) is 5.06. The first-order chi connectivity index (χ1) is 6.31. The van der Waals surface area contributed by atoms with Gasteiger partial charge in [0.25, 0.3) is 0 Å². The van der Waals surface area contributed by atoms with Crippen LogP contribution in [0.2, 0.25) is 0 Å². The zero-order chi connectivity index (χ0) is 9.68. The first-order valence-electron chi connectivity index (χ1n) is 5.42. The van der Waals surface area contributed by atoms with Crippen molar-refractivity contribution < 1.29 is 1.43 Å². The van der Waals surface area contributed by atoms with Crippen LogP contribution in [0, 0.1) is 0 Å². The molecule has 0 spiro atoms. The minimum atomic E-state index is 0. The van der Waals surface area contributed by atoms with E-state index >= 15 is 0 Å². The third-order valence-corrected chi connectivity index (χ3v) is 2.57. The Morgan fingerprint density at radius 1 is 1.00 bits per heavy atom. The summed E-state index contributed by atoms with van der Waals surface area (Å²) in [5.74, 6) is 0. The molecule has 0 saturated heterocycles. The normalized spacial score (nSPS) is 10.4. The Bertz CT molecular complexity index is 266. The van der Waals surface area contributed by atoms with Gasteiger partial charge in [-0.25, -0.2) is 0 Å². The lowest BCUT2D eigenvalue weighted by Crippen LogP contribution is -1.93. The van der Waals surface area contributed by atoms with Gasteiger partial charge in [-0.1, -0.05) is 45.4 Å². The Kier molecular flexibility index (Phi) is 4.01. The van der Waals surface area contributed by atoms with Crippen molar-refractivity contribution in [3.05, 3.63) is 34.9 Å². The molecule has 0 aliphatic heterocycles. The van der Waals surface area contributed by atoms with Gasteiger partial charge in [-0.05, 0) is 36.0 Å². The minimum Gasteiger partial charge on any atom is -0.0651 e. The van der Waals surface area contributed by atoms with Crippen molar-refractivity contribution >= 4 is 0 Å². The van der Waals surface area contributed by atoms with Crippen molar-refractivity contribution in [2.24, 2.45) is 0 Å². The maximum Gasteiger partial charge on any atom is 0 e. The first kappa shape index (κ1) is 10.3. The van der Waals surface area contributed by atoms with Crippen LogP contribution in [0.4, 0.5) is 0 Å². The maximum absolute atomic E-state index is 2.38. The van der Waals surface area contributed by atoms with Crippen LogP contribution in [0.1, 0.15) is 45.3 Å². The van der Waals surface area contributed by atoms with E-state index in [1.165, 1.54) is 36.0 Å². The van der Waals surface area contributed by atoms with Crippen molar-refractivity contribution in [1.82, 2.24) is 0 Å². The number of rotatable bonds is 4. The average molecular weight is 178 g/mol. The van der Waals surface area contributed by atoms with Gasteiger partial charge in [-0.2, -0.15) is 0 Å². The van der Waals surface area contributed by atoms with Gasteiger partial charge in [0.2, 0.25) is 0 Å². The summed E-state index contributed by atoms with van der Waals surface area (Å²) in [7, 11) is 0. The smallest absolute Gasteiger partial charge is 0 e. The molecule has 0 heteroatoms. The molecule has 0 aromatic heterocycles. The maximum atomic E-state index is 2.38. The topological polar surface area (TPSA) is 0 Å². The summed E-state index contributed by atoms with van der Waals surface area (Å²) in [5.41, 5.74) is 4.55. The largest absolute Gasteiger partial charge is 0.0651 e. The van der Waals surface area contributed by atoms with Gasteiger partial charge in [0, 0.05) is 1.43 Å².